The number of Topliss-reactive ketones (excluding diaryl/α,β-unsaturated/α-hetero) is 1. The number of para-hydroxylation sites is 1. The van der Waals surface area contributed by atoms with Gasteiger partial charge in [-0.25, -0.2) is 4.39 Å². The molecule has 8 nitrogen and oxygen atoms in total. The number of ketones is 1. The molecule has 3 aromatic rings. The Hall–Kier alpha value is -3.84. The van der Waals surface area contributed by atoms with E-state index in [1.54, 1.807) is 19.1 Å². The van der Waals surface area contributed by atoms with Crippen LogP contribution < -0.4 is 5.32 Å². The summed E-state index contributed by atoms with van der Waals surface area (Å²) >= 11 is 0. The number of rotatable bonds is 8. The molecule has 5 unspecified atom stereocenters. The summed E-state index contributed by atoms with van der Waals surface area (Å²) in [4.78, 5) is 28.5. The van der Waals surface area contributed by atoms with Crippen LogP contribution in [0.4, 0.5) is 10.1 Å². The number of nitrogens with zero attached hydrogens (tertiary/aromatic N) is 1. The maximum absolute atomic E-state index is 15.5. The Labute approximate surface area is 318 Å². The number of hydrogen-bond acceptors (Lipinski definition) is 7. The van der Waals surface area contributed by atoms with Crippen LogP contribution in [0.25, 0.3) is 10.9 Å². The molecule has 5 N–H and O–H groups in total. The molecule has 54 heavy (non-hydrogen) atoms. The van der Waals surface area contributed by atoms with E-state index in [0.29, 0.717) is 60.2 Å². The molecule has 0 bridgehead atoms. The summed E-state index contributed by atoms with van der Waals surface area (Å²) in [5, 5.41) is 48.9. The van der Waals surface area contributed by atoms with Gasteiger partial charge in [-0.2, -0.15) is 0 Å². The molecule has 288 valence electrons. The topological polar surface area (TPSA) is 140 Å². The van der Waals surface area contributed by atoms with Crippen LogP contribution in [0.1, 0.15) is 113 Å². The summed E-state index contributed by atoms with van der Waals surface area (Å²) in [6.07, 6.45) is 4.24. The number of fused-ring (bicyclic) bond motifs is 6. The van der Waals surface area contributed by atoms with Gasteiger partial charge in [0.2, 0.25) is 0 Å². The summed E-state index contributed by atoms with van der Waals surface area (Å²) < 4.78 is 15.5. The van der Waals surface area contributed by atoms with Gasteiger partial charge < -0.3 is 25.7 Å². The molecule has 1 aromatic heterocycles. The maximum atomic E-state index is 15.5. The zero-order chi connectivity index (χ0) is 38.7. The normalized spacial score (nSPS) is 34.9. The number of aromatic nitrogens is 1. The van der Waals surface area contributed by atoms with Crippen molar-refractivity contribution in [3.8, 4) is 11.8 Å². The Bertz CT molecular complexity index is 2020. The lowest BCUT2D eigenvalue weighted by molar-refractivity contribution is -0.211. The van der Waals surface area contributed by atoms with Crippen molar-refractivity contribution in [2.45, 2.75) is 117 Å². The molecule has 7 rings (SSSR count). The first kappa shape index (κ1) is 38.4. The number of pyridine rings is 1. The summed E-state index contributed by atoms with van der Waals surface area (Å²) in [5.41, 5.74) is 1.53. The van der Waals surface area contributed by atoms with Crippen molar-refractivity contribution in [3.05, 3.63) is 70.7 Å². The van der Waals surface area contributed by atoms with Gasteiger partial charge in [0.1, 0.15) is 11.4 Å². The van der Waals surface area contributed by atoms with E-state index < -0.39 is 29.6 Å². The van der Waals surface area contributed by atoms with E-state index in [9.17, 15) is 30.0 Å². The number of carbonyl (C=O) groups is 2. The fourth-order valence-corrected chi connectivity index (χ4v) is 11.9. The van der Waals surface area contributed by atoms with Gasteiger partial charge in [0.15, 0.2) is 5.78 Å². The third-order valence-corrected chi connectivity index (χ3v) is 14.8. The van der Waals surface area contributed by atoms with Crippen molar-refractivity contribution >= 4 is 28.3 Å². The number of carboxylic acids is 1. The highest BCUT2D eigenvalue weighted by atomic mass is 19.1. The Morgan fingerprint density at radius 1 is 1.07 bits per heavy atom. The van der Waals surface area contributed by atoms with Crippen molar-refractivity contribution < 1.29 is 34.4 Å². The second-order valence-electron chi connectivity index (χ2n) is 17.7. The molecule has 11 atom stereocenters. The Morgan fingerprint density at radius 3 is 2.56 bits per heavy atom. The molecule has 9 heteroatoms. The zero-order valence-electron chi connectivity index (χ0n) is 32.2. The van der Waals surface area contributed by atoms with E-state index >= 15 is 4.39 Å². The minimum Gasteiger partial charge on any atom is -0.481 e. The van der Waals surface area contributed by atoms with E-state index in [1.165, 1.54) is 13.0 Å². The van der Waals surface area contributed by atoms with E-state index in [-0.39, 0.29) is 65.1 Å². The fraction of sp³-hybridized carbons (Fsp3) is 0.578. The SMILES string of the molecule is CC(=O)c1c(C)nc2ccccc2c1NCc1ccc(C#C[C@@]2(O)CC[C@@]3(C)C(CC(O)C4C3C[C@H](O)[C@@]3(C)C4CC[C@@H]3[C@H](C)CCC(=O)O)C2)cc1F. The number of aliphatic hydroxyl groups is 3. The third-order valence-electron chi connectivity index (χ3n) is 14.8. The first-order valence-electron chi connectivity index (χ1n) is 19.8. The van der Waals surface area contributed by atoms with Gasteiger partial charge in [0.05, 0.1) is 34.7 Å². The summed E-state index contributed by atoms with van der Waals surface area (Å²) in [5.74, 6) is 5.53. The highest BCUT2D eigenvalue weighted by Gasteiger charge is 2.66. The number of nitrogens with one attached hydrogen (secondary N) is 1. The molecule has 1 heterocycles. The minimum absolute atomic E-state index is 0.0167. The molecule has 0 spiro atoms. The van der Waals surface area contributed by atoms with Gasteiger partial charge in [-0.15, -0.1) is 0 Å². The fourth-order valence-electron chi connectivity index (χ4n) is 11.9. The van der Waals surface area contributed by atoms with Crippen LogP contribution >= 0.6 is 0 Å². The first-order chi connectivity index (χ1) is 25.6. The van der Waals surface area contributed by atoms with Crippen LogP contribution in [-0.2, 0) is 11.3 Å². The van der Waals surface area contributed by atoms with Gasteiger partial charge >= 0.3 is 5.97 Å². The smallest absolute Gasteiger partial charge is 0.303 e. The highest BCUT2D eigenvalue weighted by molar-refractivity contribution is 6.08. The van der Waals surface area contributed by atoms with Gasteiger partial charge in [0.25, 0.3) is 0 Å². The monoisotopic (exact) mass is 738 g/mol. The molecule has 0 amide bonds. The molecule has 0 saturated heterocycles. The van der Waals surface area contributed by atoms with E-state index in [4.69, 9.17) is 0 Å². The number of carboxylic acid groups (broad SMARTS) is 1. The minimum atomic E-state index is -1.28. The summed E-state index contributed by atoms with van der Waals surface area (Å²) in [6.45, 7) is 10.0. The average Bonchev–Trinajstić information content (AvgIpc) is 3.48. The van der Waals surface area contributed by atoms with Crippen LogP contribution in [0.5, 0.6) is 0 Å². The second-order valence-corrected chi connectivity index (χ2v) is 17.7. The number of halogens is 1. The Balaban J connectivity index is 1.05. The van der Waals surface area contributed by atoms with Crippen LogP contribution in [-0.4, -0.2) is 55.0 Å². The number of carbonyl (C=O) groups excluding carboxylic acids is 1. The molecule has 4 aliphatic rings. The molecule has 4 saturated carbocycles. The number of aryl methyl sites for hydroxylation is 1. The molecule has 2 aromatic carbocycles. The molecule has 0 aliphatic heterocycles. The number of hydrogen-bond donors (Lipinski definition) is 5. The van der Waals surface area contributed by atoms with Crippen LogP contribution in [0.2, 0.25) is 0 Å². The number of aliphatic hydroxyl groups excluding tert-OH is 2. The quantitative estimate of drug-likeness (QED) is 0.117. The van der Waals surface area contributed by atoms with Crippen molar-refractivity contribution in [1.82, 2.24) is 4.98 Å². The molecular weight excluding hydrogens is 684 g/mol. The molecule has 0 radical (unpaired) electrons. The van der Waals surface area contributed by atoms with E-state index in [2.05, 4.69) is 42.9 Å². The lowest BCUT2D eigenvalue weighted by atomic mass is 9.42. The Kier molecular flexibility index (Phi) is 10.2. The standard InChI is InChI=1S/C45H55FN2O6/c1-25(10-15-39(52)53)32-13-14-33-41-34(22-38(51)44(32,33)5)43(4)18-19-45(54,23-30(43)21-37(41)50)17-16-28-11-12-29(35(46)20-28)24-47-42-31-8-6-7-9-36(31)48-26(2)40(42)27(3)49/h6-9,11-12,20,25,30,32-34,37-38,41,50-51,54H,10,13-15,18-19,21-24H2,1-5H3,(H,47,48)(H,52,53)/t25-,30?,32-,33?,34?,37?,38+,41?,43+,44-,45-/m1/s1. The zero-order valence-corrected chi connectivity index (χ0v) is 32.2. The predicted molar refractivity (Wildman–Crippen MR) is 206 cm³/mol. The van der Waals surface area contributed by atoms with Gasteiger partial charge in [0, 0.05) is 29.5 Å². The van der Waals surface area contributed by atoms with Crippen molar-refractivity contribution in [1.29, 1.82) is 0 Å². The van der Waals surface area contributed by atoms with Gasteiger partial charge in [-0.05, 0) is 130 Å². The molecule has 4 fully saturated rings. The third kappa shape index (κ3) is 6.62. The van der Waals surface area contributed by atoms with E-state index in [0.717, 1.165) is 30.2 Å². The largest absolute Gasteiger partial charge is 0.481 e. The number of aliphatic carboxylic acids is 1. The lowest BCUT2D eigenvalue weighted by Crippen LogP contribution is -2.63. The number of benzene rings is 2. The van der Waals surface area contributed by atoms with Crippen LogP contribution in [0, 0.1) is 70.9 Å². The van der Waals surface area contributed by atoms with Crippen molar-refractivity contribution in [2.75, 3.05) is 5.32 Å². The highest BCUT2D eigenvalue weighted by Crippen LogP contribution is 2.69. The van der Waals surface area contributed by atoms with Crippen molar-refractivity contribution in [2.24, 2.45) is 46.3 Å². The predicted octanol–water partition coefficient (Wildman–Crippen LogP) is 7.68. The Morgan fingerprint density at radius 2 is 1.83 bits per heavy atom. The number of anilines is 1. The molecule has 4 aliphatic carbocycles. The molecular formula is C45H55FN2O6. The van der Waals surface area contributed by atoms with E-state index in [1.807, 2.05) is 24.3 Å². The second kappa shape index (κ2) is 14.3. The van der Waals surface area contributed by atoms with Gasteiger partial charge in [-0.1, -0.05) is 56.9 Å². The van der Waals surface area contributed by atoms with Crippen LogP contribution in [0.3, 0.4) is 0 Å². The first-order valence-corrected chi connectivity index (χ1v) is 19.8. The summed E-state index contributed by atoms with van der Waals surface area (Å²) in [6, 6.07) is 12.4. The van der Waals surface area contributed by atoms with Gasteiger partial charge in [-0.3, -0.25) is 14.6 Å². The van der Waals surface area contributed by atoms with Crippen LogP contribution in [0.15, 0.2) is 42.5 Å². The summed E-state index contributed by atoms with van der Waals surface area (Å²) in [7, 11) is 0. The lowest BCUT2D eigenvalue weighted by Gasteiger charge is -2.64. The van der Waals surface area contributed by atoms with Crippen molar-refractivity contribution in [3.63, 3.8) is 0 Å². The average molecular weight is 739 g/mol. The maximum Gasteiger partial charge on any atom is 0.303 e.